The van der Waals surface area contributed by atoms with E-state index in [4.69, 9.17) is 0 Å². The Balaban J connectivity index is 1.28. The summed E-state index contributed by atoms with van der Waals surface area (Å²) in [6.07, 6.45) is 6.79. The standard InChI is InChI=1S/C18H22N6O/c25-18(20-15-1-2-15)17-22-21-16-7-13-9-23(10-14(13)11-24(16)17)8-12-3-5-19-6-4-12/h3-6,13-15H,1-2,7-11H2,(H,20,25)/t13-,14-/m0/s1. The summed E-state index contributed by atoms with van der Waals surface area (Å²) in [7, 11) is 0. The van der Waals surface area contributed by atoms with Crippen molar-refractivity contribution < 1.29 is 4.79 Å². The van der Waals surface area contributed by atoms with E-state index in [1.807, 2.05) is 12.4 Å². The SMILES string of the molecule is O=C(NC1CC1)c1nnc2n1C[C@@H]1CN(Cc3ccncc3)C[C@@H]1C2. The van der Waals surface area contributed by atoms with Gasteiger partial charge in [-0.1, -0.05) is 0 Å². The third kappa shape index (κ3) is 2.93. The summed E-state index contributed by atoms with van der Waals surface area (Å²) >= 11 is 0. The van der Waals surface area contributed by atoms with Gasteiger partial charge in [0.25, 0.3) is 5.91 Å². The Hall–Kier alpha value is -2.28. The lowest BCUT2D eigenvalue weighted by Crippen LogP contribution is -2.33. The number of carbonyl (C=O) groups excluding carboxylic acids is 1. The highest BCUT2D eigenvalue weighted by Crippen LogP contribution is 2.33. The average Bonchev–Trinajstić information content (AvgIpc) is 3.19. The van der Waals surface area contributed by atoms with E-state index in [0.717, 1.165) is 51.3 Å². The number of aromatic nitrogens is 4. The van der Waals surface area contributed by atoms with Gasteiger partial charge in [-0.05, 0) is 42.4 Å². The van der Waals surface area contributed by atoms with Crippen LogP contribution in [0.4, 0.5) is 0 Å². The van der Waals surface area contributed by atoms with E-state index >= 15 is 0 Å². The highest BCUT2D eigenvalue weighted by molar-refractivity contribution is 5.91. The molecule has 5 rings (SSSR count). The van der Waals surface area contributed by atoms with Crippen LogP contribution in [0.25, 0.3) is 0 Å². The van der Waals surface area contributed by atoms with E-state index in [0.29, 0.717) is 23.7 Å². The van der Waals surface area contributed by atoms with E-state index < -0.39 is 0 Å². The Morgan fingerprint density at radius 1 is 1.12 bits per heavy atom. The Morgan fingerprint density at radius 3 is 2.72 bits per heavy atom. The summed E-state index contributed by atoms with van der Waals surface area (Å²) in [5.74, 6) is 2.57. The molecule has 2 atom stereocenters. The van der Waals surface area contributed by atoms with Crippen molar-refractivity contribution in [2.24, 2.45) is 11.8 Å². The smallest absolute Gasteiger partial charge is 0.289 e. The molecule has 0 aromatic carbocycles. The number of nitrogens with zero attached hydrogens (tertiary/aromatic N) is 5. The third-order valence-electron chi connectivity index (χ3n) is 5.61. The molecular weight excluding hydrogens is 316 g/mol. The molecule has 0 unspecified atom stereocenters. The third-order valence-corrected chi connectivity index (χ3v) is 5.61. The Morgan fingerprint density at radius 2 is 1.92 bits per heavy atom. The molecule has 7 heteroatoms. The van der Waals surface area contributed by atoms with Gasteiger partial charge in [0, 0.05) is 51.0 Å². The minimum absolute atomic E-state index is 0.0636. The molecule has 1 saturated heterocycles. The fourth-order valence-corrected chi connectivity index (χ4v) is 4.14. The number of fused-ring (bicyclic) bond motifs is 2. The second-order valence-electron chi connectivity index (χ2n) is 7.57. The minimum atomic E-state index is -0.0636. The van der Waals surface area contributed by atoms with Crippen LogP contribution in [0.3, 0.4) is 0 Å². The molecule has 1 aliphatic carbocycles. The van der Waals surface area contributed by atoms with Crippen LogP contribution in [0.15, 0.2) is 24.5 Å². The monoisotopic (exact) mass is 338 g/mol. The Labute approximate surface area is 146 Å². The predicted octanol–water partition coefficient (Wildman–Crippen LogP) is 0.870. The summed E-state index contributed by atoms with van der Waals surface area (Å²) in [6.45, 7) is 3.97. The number of hydrogen-bond donors (Lipinski definition) is 1. The van der Waals surface area contributed by atoms with Gasteiger partial charge in [-0.25, -0.2) is 0 Å². The van der Waals surface area contributed by atoms with Crippen LogP contribution in [0.2, 0.25) is 0 Å². The van der Waals surface area contributed by atoms with Gasteiger partial charge < -0.3 is 9.88 Å². The fourth-order valence-electron chi connectivity index (χ4n) is 4.14. The molecule has 1 N–H and O–H groups in total. The quantitative estimate of drug-likeness (QED) is 0.895. The number of carbonyl (C=O) groups is 1. The van der Waals surface area contributed by atoms with Crippen LogP contribution in [0.5, 0.6) is 0 Å². The van der Waals surface area contributed by atoms with Crippen molar-refractivity contribution in [3.8, 4) is 0 Å². The van der Waals surface area contributed by atoms with Crippen molar-refractivity contribution in [3.05, 3.63) is 41.7 Å². The van der Waals surface area contributed by atoms with E-state index in [2.05, 4.69) is 42.1 Å². The predicted molar refractivity (Wildman–Crippen MR) is 90.7 cm³/mol. The summed E-state index contributed by atoms with van der Waals surface area (Å²) in [4.78, 5) is 19.0. The second-order valence-corrected chi connectivity index (χ2v) is 7.57. The van der Waals surface area contributed by atoms with Crippen molar-refractivity contribution in [2.45, 2.75) is 38.4 Å². The lowest BCUT2D eigenvalue weighted by molar-refractivity contribution is 0.0932. The zero-order valence-corrected chi connectivity index (χ0v) is 14.1. The first-order valence-corrected chi connectivity index (χ1v) is 9.10. The van der Waals surface area contributed by atoms with Crippen molar-refractivity contribution in [1.82, 2.24) is 30.0 Å². The van der Waals surface area contributed by atoms with Gasteiger partial charge in [0.05, 0.1) is 0 Å². The van der Waals surface area contributed by atoms with E-state index in [1.165, 1.54) is 5.56 Å². The zero-order chi connectivity index (χ0) is 16.8. The lowest BCUT2D eigenvalue weighted by atomic mass is 9.89. The normalized spacial score (nSPS) is 25.4. The molecule has 0 bridgehead atoms. The zero-order valence-electron chi connectivity index (χ0n) is 14.1. The van der Waals surface area contributed by atoms with Crippen LogP contribution in [-0.4, -0.2) is 49.7 Å². The van der Waals surface area contributed by atoms with Crippen LogP contribution in [0.1, 0.15) is 34.8 Å². The maximum Gasteiger partial charge on any atom is 0.289 e. The van der Waals surface area contributed by atoms with E-state index in [-0.39, 0.29) is 5.91 Å². The van der Waals surface area contributed by atoms with Gasteiger partial charge in [0.15, 0.2) is 0 Å². The number of pyridine rings is 1. The summed E-state index contributed by atoms with van der Waals surface area (Å²) < 4.78 is 2.05. The number of rotatable bonds is 4. The largest absolute Gasteiger partial charge is 0.347 e. The van der Waals surface area contributed by atoms with E-state index in [9.17, 15) is 4.79 Å². The molecule has 1 saturated carbocycles. The van der Waals surface area contributed by atoms with E-state index in [1.54, 1.807) is 0 Å². The summed E-state index contributed by atoms with van der Waals surface area (Å²) in [6, 6.07) is 4.51. The van der Waals surface area contributed by atoms with Crippen molar-refractivity contribution in [1.29, 1.82) is 0 Å². The number of amides is 1. The number of nitrogens with one attached hydrogen (secondary N) is 1. The van der Waals surface area contributed by atoms with Gasteiger partial charge in [-0.15, -0.1) is 10.2 Å². The molecule has 25 heavy (non-hydrogen) atoms. The molecule has 2 aliphatic heterocycles. The molecule has 0 radical (unpaired) electrons. The van der Waals surface area contributed by atoms with Crippen LogP contribution in [-0.2, 0) is 19.5 Å². The molecule has 7 nitrogen and oxygen atoms in total. The second kappa shape index (κ2) is 5.91. The van der Waals surface area contributed by atoms with Crippen molar-refractivity contribution >= 4 is 5.91 Å². The topological polar surface area (TPSA) is 75.9 Å². The molecule has 2 aromatic heterocycles. The first-order valence-electron chi connectivity index (χ1n) is 9.10. The molecule has 4 heterocycles. The maximum absolute atomic E-state index is 12.4. The Bertz CT molecular complexity index is 784. The summed E-state index contributed by atoms with van der Waals surface area (Å²) in [5, 5.41) is 11.5. The molecule has 1 amide bonds. The number of hydrogen-bond acceptors (Lipinski definition) is 5. The van der Waals surface area contributed by atoms with Gasteiger partial charge in [0.1, 0.15) is 5.82 Å². The van der Waals surface area contributed by atoms with Crippen molar-refractivity contribution in [2.75, 3.05) is 13.1 Å². The molecule has 130 valence electrons. The van der Waals surface area contributed by atoms with Gasteiger partial charge in [-0.3, -0.25) is 14.7 Å². The lowest BCUT2D eigenvalue weighted by Gasteiger charge is -2.25. The molecular formula is C18H22N6O. The van der Waals surface area contributed by atoms with Crippen LogP contribution in [0, 0.1) is 11.8 Å². The first kappa shape index (κ1) is 15.0. The first-order chi connectivity index (χ1) is 12.3. The molecule has 2 aromatic rings. The minimum Gasteiger partial charge on any atom is -0.347 e. The highest BCUT2D eigenvalue weighted by Gasteiger charge is 2.39. The van der Waals surface area contributed by atoms with Crippen LogP contribution >= 0.6 is 0 Å². The maximum atomic E-state index is 12.4. The summed E-state index contributed by atoms with van der Waals surface area (Å²) in [5.41, 5.74) is 1.30. The Kier molecular flexibility index (Phi) is 3.55. The van der Waals surface area contributed by atoms with Crippen molar-refractivity contribution in [3.63, 3.8) is 0 Å². The fraction of sp³-hybridized carbons (Fsp3) is 0.556. The molecule has 0 spiro atoms. The van der Waals surface area contributed by atoms with Crippen LogP contribution < -0.4 is 5.32 Å². The molecule has 3 aliphatic rings. The highest BCUT2D eigenvalue weighted by atomic mass is 16.2. The van der Waals surface area contributed by atoms with Gasteiger partial charge >= 0.3 is 0 Å². The number of likely N-dealkylation sites (tertiary alicyclic amines) is 1. The molecule has 2 fully saturated rings. The van der Waals surface area contributed by atoms with Gasteiger partial charge in [0.2, 0.25) is 5.82 Å². The average molecular weight is 338 g/mol. The van der Waals surface area contributed by atoms with Gasteiger partial charge in [-0.2, -0.15) is 0 Å².